The second-order valence-corrected chi connectivity index (χ2v) is 6.25. The van der Waals surface area contributed by atoms with Gasteiger partial charge in [-0.25, -0.2) is 0 Å². The Kier molecular flexibility index (Phi) is 4.42. The van der Waals surface area contributed by atoms with Gasteiger partial charge >= 0.3 is 0 Å². The normalized spacial score (nSPS) is 14.8. The highest BCUT2D eigenvalue weighted by atomic mass is 16.3. The highest BCUT2D eigenvalue weighted by Crippen LogP contribution is 2.19. The Morgan fingerprint density at radius 2 is 1.83 bits per heavy atom. The number of carbonyl (C=O) groups excluding carboxylic acids is 1. The molecule has 1 aliphatic heterocycles. The maximum absolute atomic E-state index is 12.6. The fourth-order valence-electron chi connectivity index (χ4n) is 2.88. The standard InChI is InChI=1S/C17H23N5O2/c1-12-11-14(13(2)24-12)17(23)22-9-7-21(8-10-22)16-6-5-15(18-19-16)20(3)4/h5-6,11H,7-10H2,1-4H3. The van der Waals surface area contributed by atoms with E-state index in [4.69, 9.17) is 4.42 Å². The minimum absolute atomic E-state index is 0.0399. The minimum atomic E-state index is 0.0399. The molecular weight excluding hydrogens is 306 g/mol. The number of nitrogens with zero attached hydrogens (tertiary/aromatic N) is 5. The lowest BCUT2D eigenvalue weighted by atomic mass is 10.2. The molecule has 2 aromatic rings. The lowest BCUT2D eigenvalue weighted by Crippen LogP contribution is -2.49. The molecule has 0 atom stereocenters. The zero-order valence-corrected chi connectivity index (χ0v) is 14.6. The molecular formula is C17H23N5O2. The number of carbonyl (C=O) groups is 1. The molecule has 0 bridgehead atoms. The molecule has 0 aliphatic carbocycles. The summed E-state index contributed by atoms with van der Waals surface area (Å²) in [6, 6.07) is 5.75. The van der Waals surface area contributed by atoms with E-state index in [1.54, 1.807) is 0 Å². The molecule has 0 spiro atoms. The Labute approximate surface area is 141 Å². The summed E-state index contributed by atoms with van der Waals surface area (Å²) >= 11 is 0. The summed E-state index contributed by atoms with van der Waals surface area (Å²) in [7, 11) is 3.88. The monoisotopic (exact) mass is 329 g/mol. The minimum Gasteiger partial charge on any atom is -0.466 e. The van der Waals surface area contributed by atoms with E-state index in [1.165, 1.54) is 0 Å². The van der Waals surface area contributed by atoms with Gasteiger partial charge in [-0.2, -0.15) is 0 Å². The Bertz CT molecular complexity index is 715. The van der Waals surface area contributed by atoms with Gasteiger partial charge in [-0.05, 0) is 32.0 Å². The van der Waals surface area contributed by atoms with E-state index in [2.05, 4.69) is 15.1 Å². The van der Waals surface area contributed by atoms with Crippen LogP contribution in [0.1, 0.15) is 21.9 Å². The van der Waals surface area contributed by atoms with Crippen LogP contribution in [0.5, 0.6) is 0 Å². The number of furan rings is 1. The maximum Gasteiger partial charge on any atom is 0.257 e. The molecule has 0 N–H and O–H groups in total. The zero-order chi connectivity index (χ0) is 17.3. The number of aromatic nitrogens is 2. The van der Waals surface area contributed by atoms with Crippen molar-refractivity contribution in [3.05, 3.63) is 35.3 Å². The highest BCUT2D eigenvalue weighted by molar-refractivity contribution is 5.95. The van der Waals surface area contributed by atoms with Crippen LogP contribution < -0.4 is 9.80 Å². The highest BCUT2D eigenvalue weighted by Gasteiger charge is 2.25. The number of aryl methyl sites for hydroxylation is 2. The second kappa shape index (κ2) is 6.51. The molecule has 24 heavy (non-hydrogen) atoms. The van der Waals surface area contributed by atoms with Gasteiger partial charge in [0, 0.05) is 40.3 Å². The van der Waals surface area contributed by atoms with Crippen LogP contribution in [0.3, 0.4) is 0 Å². The van der Waals surface area contributed by atoms with Crippen LogP contribution >= 0.6 is 0 Å². The van der Waals surface area contributed by atoms with Crippen molar-refractivity contribution < 1.29 is 9.21 Å². The van der Waals surface area contributed by atoms with E-state index >= 15 is 0 Å². The molecule has 0 aromatic carbocycles. The maximum atomic E-state index is 12.6. The van der Waals surface area contributed by atoms with Gasteiger partial charge in [-0.3, -0.25) is 4.79 Å². The van der Waals surface area contributed by atoms with Crippen molar-refractivity contribution in [2.75, 3.05) is 50.1 Å². The average molecular weight is 329 g/mol. The summed E-state index contributed by atoms with van der Waals surface area (Å²) in [6.45, 7) is 6.52. The zero-order valence-electron chi connectivity index (χ0n) is 14.6. The van der Waals surface area contributed by atoms with E-state index in [9.17, 15) is 4.79 Å². The fourth-order valence-corrected chi connectivity index (χ4v) is 2.88. The quantitative estimate of drug-likeness (QED) is 0.854. The number of piperazine rings is 1. The summed E-state index contributed by atoms with van der Waals surface area (Å²) in [4.78, 5) is 18.6. The third-order valence-electron chi connectivity index (χ3n) is 4.26. The molecule has 0 saturated carbocycles. The fraction of sp³-hybridized carbons (Fsp3) is 0.471. The van der Waals surface area contributed by atoms with Crippen LogP contribution in [0.15, 0.2) is 22.6 Å². The van der Waals surface area contributed by atoms with E-state index in [-0.39, 0.29) is 5.91 Å². The van der Waals surface area contributed by atoms with Gasteiger partial charge in [0.2, 0.25) is 0 Å². The molecule has 1 saturated heterocycles. The molecule has 1 aliphatic rings. The summed E-state index contributed by atoms with van der Waals surface area (Å²) in [5.74, 6) is 3.18. The van der Waals surface area contributed by atoms with Crippen molar-refractivity contribution >= 4 is 17.5 Å². The van der Waals surface area contributed by atoms with Crippen LogP contribution in [-0.4, -0.2) is 61.3 Å². The van der Waals surface area contributed by atoms with E-state index in [0.717, 1.165) is 30.5 Å². The number of hydrogen-bond donors (Lipinski definition) is 0. The molecule has 7 nitrogen and oxygen atoms in total. The third-order valence-corrected chi connectivity index (χ3v) is 4.26. The van der Waals surface area contributed by atoms with Crippen molar-refractivity contribution in [3.8, 4) is 0 Å². The van der Waals surface area contributed by atoms with E-state index < -0.39 is 0 Å². The van der Waals surface area contributed by atoms with Crippen molar-refractivity contribution in [2.45, 2.75) is 13.8 Å². The molecule has 3 rings (SSSR count). The van der Waals surface area contributed by atoms with Gasteiger partial charge in [0.15, 0.2) is 11.6 Å². The van der Waals surface area contributed by atoms with Crippen LogP contribution in [0, 0.1) is 13.8 Å². The first-order chi connectivity index (χ1) is 11.5. The molecule has 3 heterocycles. The van der Waals surface area contributed by atoms with Crippen LogP contribution in [0.4, 0.5) is 11.6 Å². The third kappa shape index (κ3) is 3.20. The molecule has 1 amide bonds. The summed E-state index contributed by atoms with van der Waals surface area (Å²) in [5.41, 5.74) is 0.663. The predicted octanol–water partition coefficient (Wildman–Crippen LogP) is 1.71. The van der Waals surface area contributed by atoms with E-state index in [0.29, 0.717) is 24.4 Å². The lowest BCUT2D eigenvalue weighted by Gasteiger charge is -2.35. The Morgan fingerprint density at radius 3 is 2.33 bits per heavy atom. The van der Waals surface area contributed by atoms with Gasteiger partial charge in [-0.15, -0.1) is 10.2 Å². The van der Waals surface area contributed by atoms with Gasteiger partial charge < -0.3 is 19.1 Å². The Hall–Kier alpha value is -2.57. The first-order valence-electron chi connectivity index (χ1n) is 8.08. The van der Waals surface area contributed by atoms with Gasteiger partial charge in [0.05, 0.1) is 5.56 Å². The van der Waals surface area contributed by atoms with Crippen molar-refractivity contribution in [1.29, 1.82) is 0 Å². The van der Waals surface area contributed by atoms with E-state index in [1.807, 2.05) is 55.9 Å². The molecule has 0 radical (unpaired) electrons. The SMILES string of the molecule is Cc1cc(C(=O)N2CCN(c3ccc(N(C)C)nn3)CC2)c(C)o1. The number of hydrogen-bond acceptors (Lipinski definition) is 6. The number of rotatable bonds is 3. The molecule has 7 heteroatoms. The van der Waals surface area contributed by atoms with Crippen LogP contribution in [0.25, 0.3) is 0 Å². The summed E-state index contributed by atoms with van der Waals surface area (Å²) in [6.07, 6.45) is 0. The average Bonchev–Trinajstić information content (AvgIpc) is 2.93. The van der Waals surface area contributed by atoms with Gasteiger partial charge in [-0.1, -0.05) is 0 Å². The molecule has 2 aromatic heterocycles. The second-order valence-electron chi connectivity index (χ2n) is 6.25. The molecule has 128 valence electrons. The summed E-state index contributed by atoms with van der Waals surface area (Å²) < 4.78 is 5.47. The Balaban J connectivity index is 1.63. The first kappa shape index (κ1) is 16.3. The molecule has 0 unspecified atom stereocenters. The largest absolute Gasteiger partial charge is 0.466 e. The first-order valence-corrected chi connectivity index (χ1v) is 8.08. The predicted molar refractivity (Wildman–Crippen MR) is 92.7 cm³/mol. The number of amides is 1. The van der Waals surface area contributed by atoms with Crippen LogP contribution in [-0.2, 0) is 0 Å². The topological polar surface area (TPSA) is 65.7 Å². The smallest absolute Gasteiger partial charge is 0.257 e. The Morgan fingerprint density at radius 1 is 1.12 bits per heavy atom. The van der Waals surface area contributed by atoms with Crippen LogP contribution in [0.2, 0.25) is 0 Å². The van der Waals surface area contributed by atoms with Crippen molar-refractivity contribution in [3.63, 3.8) is 0 Å². The van der Waals surface area contributed by atoms with Crippen molar-refractivity contribution in [1.82, 2.24) is 15.1 Å². The lowest BCUT2D eigenvalue weighted by molar-refractivity contribution is 0.0744. The van der Waals surface area contributed by atoms with Gasteiger partial charge in [0.1, 0.15) is 11.5 Å². The van der Waals surface area contributed by atoms with Gasteiger partial charge in [0.25, 0.3) is 5.91 Å². The number of anilines is 2. The van der Waals surface area contributed by atoms with Crippen molar-refractivity contribution in [2.24, 2.45) is 0 Å². The molecule has 1 fully saturated rings. The summed E-state index contributed by atoms with van der Waals surface area (Å²) in [5, 5.41) is 8.50.